The van der Waals surface area contributed by atoms with Gasteiger partial charge in [-0.15, -0.1) is 0 Å². The SMILES string of the molecule is CC1[C@@H]2C=C[C@H]1CC(O)C2. The predicted molar refractivity (Wildman–Crippen MR) is 40.5 cm³/mol. The number of hydrogen-bond donors (Lipinski definition) is 1. The summed E-state index contributed by atoms with van der Waals surface area (Å²) in [4.78, 5) is 0. The fraction of sp³-hybridized carbons (Fsp3) is 0.778. The normalized spacial score (nSPS) is 51.8. The van der Waals surface area contributed by atoms with Crippen LogP contribution in [0.4, 0.5) is 0 Å². The van der Waals surface area contributed by atoms with Gasteiger partial charge in [0.2, 0.25) is 0 Å². The van der Waals surface area contributed by atoms with Crippen molar-refractivity contribution in [3.63, 3.8) is 0 Å². The molecule has 2 aliphatic carbocycles. The summed E-state index contributed by atoms with van der Waals surface area (Å²) in [7, 11) is 0. The molecule has 1 N–H and O–H groups in total. The Morgan fingerprint density at radius 1 is 1.20 bits per heavy atom. The van der Waals surface area contributed by atoms with Crippen molar-refractivity contribution < 1.29 is 5.11 Å². The molecule has 1 fully saturated rings. The fourth-order valence-electron chi connectivity index (χ4n) is 2.26. The van der Waals surface area contributed by atoms with Gasteiger partial charge in [0, 0.05) is 0 Å². The molecule has 0 aliphatic heterocycles. The van der Waals surface area contributed by atoms with E-state index in [0.29, 0.717) is 11.8 Å². The molecule has 0 radical (unpaired) electrons. The standard InChI is InChI=1S/C9H14O/c1-6-7-2-3-8(6)5-9(10)4-7/h2-3,6-10H,4-5H2,1H3/t6?,7-,8+,9?. The summed E-state index contributed by atoms with van der Waals surface area (Å²) in [5.41, 5.74) is 0. The molecule has 1 nitrogen and oxygen atoms in total. The van der Waals surface area contributed by atoms with Crippen LogP contribution in [0.25, 0.3) is 0 Å². The third-order valence-corrected chi connectivity index (χ3v) is 3.04. The van der Waals surface area contributed by atoms with E-state index in [-0.39, 0.29) is 6.10 Å². The van der Waals surface area contributed by atoms with E-state index in [1.807, 2.05) is 0 Å². The van der Waals surface area contributed by atoms with Gasteiger partial charge in [0.25, 0.3) is 0 Å². The van der Waals surface area contributed by atoms with Gasteiger partial charge in [0.05, 0.1) is 6.10 Å². The van der Waals surface area contributed by atoms with E-state index in [1.54, 1.807) is 0 Å². The second-order valence-electron chi connectivity index (χ2n) is 3.70. The Labute approximate surface area is 61.8 Å². The van der Waals surface area contributed by atoms with Crippen LogP contribution in [0, 0.1) is 17.8 Å². The quantitative estimate of drug-likeness (QED) is 0.504. The maximum Gasteiger partial charge on any atom is 0.0551 e. The van der Waals surface area contributed by atoms with Gasteiger partial charge in [0.15, 0.2) is 0 Å². The monoisotopic (exact) mass is 138 g/mol. The van der Waals surface area contributed by atoms with E-state index >= 15 is 0 Å². The molecule has 0 spiro atoms. The second kappa shape index (κ2) is 2.09. The Morgan fingerprint density at radius 2 is 1.70 bits per heavy atom. The number of allylic oxidation sites excluding steroid dienone is 2. The van der Waals surface area contributed by atoms with Crippen molar-refractivity contribution >= 4 is 0 Å². The zero-order chi connectivity index (χ0) is 7.14. The number of rotatable bonds is 0. The summed E-state index contributed by atoms with van der Waals surface area (Å²) in [6.07, 6.45) is 6.53. The first-order valence-electron chi connectivity index (χ1n) is 4.14. The summed E-state index contributed by atoms with van der Waals surface area (Å²) < 4.78 is 0. The zero-order valence-electron chi connectivity index (χ0n) is 6.33. The molecule has 0 saturated heterocycles. The Balaban J connectivity index is 2.15. The molecule has 2 bridgehead atoms. The molecule has 10 heavy (non-hydrogen) atoms. The maximum atomic E-state index is 9.37. The third kappa shape index (κ3) is 0.807. The lowest BCUT2D eigenvalue weighted by atomic mass is 9.77. The molecular weight excluding hydrogens is 124 g/mol. The first kappa shape index (κ1) is 6.41. The minimum atomic E-state index is -0.0267. The number of fused-ring (bicyclic) bond motifs is 2. The zero-order valence-corrected chi connectivity index (χ0v) is 6.33. The first-order chi connectivity index (χ1) is 4.77. The van der Waals surface area contributed by atoms with Crippen molar-refractivity contribution in [1.82, 2.24) is 0 Å². The van der Waals surface area contributed by atoms with Crippen molar-refractivity contribution in [2.75, 3.05) is 0 Å². The van der Waals surface area contributed by atoms with Crippen LogP contribution >= 0.6 is 0 Å². The molecule has 0 amide bonds. The third-order valence-electron chi connectivity index (χ3n) is 3.04. The Morgan fingerprint density at radius 3 is 2.20 bits per heavy atom. The van der Waals surface area contributed by atoms with Crippen LogP contribution in [0.5, 0.6) is 0 Å². The molecule has 0 aromatic carbocycles. The van der Waals surface area contributed by atoms with Crippen LogP contribution in [0.15, 0.2) is 12.2 Å². The van der Waals surface area contributed by atoms with Gasteiger partial charge in [-0.2, -0.15) is 0 Å². The predicted octanol–water partition coefficient (Wildman–Crippen LogP) is 1.58. The summed E-state index contributed by atoms with van der Waals surface area (Å²) >= 11 is 0. The largest absolute Gasteiger partial charge is 0.393 e. The van der Waals surface area contributed by atoms with Crippen LogP contribution < -0.4 is 0 Å². The van der Waals surface area contributed by atoms with Gasteiger partial charge < -0.3 is 5.11 Å². The summed E-state index contributed by atoms with van der Waals surface area (Å²) in [5, 5.41) is 9.37. The van der Waals surface area contributed by atoms with E-state index in [0.717, 1.165) is 18.8 Å². The topological polar surface area (TPSA) is 20.2 Å². The van der Waals surface area contributed by atoms with E-state index in [4.69, 9.17) is 0 Å². The smallest absolute Gasteiger partial charge is 0.0551 e. The molecule has 2 aliphatic rings. The lowest BCUT2D eigenvalue weighted by molar-refractivity contribution is 0.0753. The summed E-state index contributed by atoms with van der Waals surface area (Å²) in [5.74, 6) is 2.14. The molecule has 0 heterocycles. The molecular formula is C9H14O. The van der Waals surface area contributed by atoms with Gasteiger partial charge in [-0.25, -0.2) is 0 Å². The molecule has 0 aromatic heterocycles. The van der Waals surface area contributed by atoms with Crippen LogP contribution in [0.2, 0.25) is 0 Å². The number of hydrogen-bond acceptors (Lipinski definition) is 1. The Bertz CT molecular complexity index is 146. The van der Waals surface area contributed by atoms with Gasteiger partial charge in [-0.3, -0.25) is 0 Å². The minimum absolute atomic E-state index is 0.0267. The fourth-order valence-corrected chi connectivity index (χ4v) is 2.26. The van der Waals surface area contributed by atoms with Gasteiger partial charge in [0.1, 0.15) is 0 Å². The van der Waals surface area contributed by atoms with Crippen molar-refractivity contribution in [2.24, 2.45) is 17.8 Å². The van der Waals surface area contributed by atoms with Crippen LogP contribution in [0.3, 0.4) is 0 Å². The highest BCUT2D eigenvalue weighted by atomic mass is 16.3. The van der Waals surface area contributed by atoms with Crippen molar-refractivity contribution in [2.45, 2.75) is 25.9 Å². The highest BCUT2D eigenvalue weighted by molar-refractivity contribution is 5.09. The van der Waals surface area contributed by atoms with Gasteiger partial charge in [-0.05, 0) is 30.6 Å². The second-order valence-corrected chi connectivity index (χ2v) is 3.70. The molecule has 1 heteroatoms. The Kier molecular flexibility index (Phi) is 1.34. The lowest BCUT2D eigenvalue weighted by Gasteiger charge is -2.30. The number of aliphatic hydroxyl groups is 1. The summed E-state index contributed by atoms with van der Waals surface area (Å²) in [6.45, 7) is 2.29. The molecule has 0 aromatic rings. The van der Waals surface area contributed by atoms with E-state index in [2.05, 4.69) is 19.1 Å². The van der Waals surface area contributed by atoms with Crippen LogP contribution in [0.1, 0.15) is 19.8 Å². The van der Waals surface area contributed by atoms with Crippen molar-refractivity contribution in [1.29, 1.82) is 0 Å². The average Bonchev–Trinajstić information content (AvgIpc) is 2.20. The minimum Gasteiger partial charge on any atom is -0.393 e. The number of aliphatic hydroxyl groups excluding tert-OH is 1. The first-order valence-corrected chi connectivity index (χ1v) is 4.14. The molecule has 4 atom stereocenters. The highest BCUT2D eigenvalue weighted by Crippen LogP contribution is 2.41. The average molecular weight is 138 g/mol. The van der Waals surface area contributed by atoms with Crippen molar-refractivity contribution in [3.8, 4) is 0 Å². The molecule has 1 saturated carbocycles. The molecule has 2 unspecified atom stereocenters. The van der Waals surface area contributed by atoms with Crippen LogP contribution in [-0.4, -0.2) is 11.2 Å². The van der Waals surface area contributed by atoms with Gasteiger partial charge >= 0.3 is 0 Å². The van der Waals surface area contributed by atoms with Gasteiger partial charge in [-0.1, -0.05) is 19.1 Å². The van der Waals surface area contributed by atoms with E-state index < -0.39 is 0 Å². The van der Waals surface area contributed by atoms with Crippen molar-refractivity contribution in [3.05, 3.63) is 12.2 Å². The molecule has 56 valence electrons. The maximum absolute atomic E-state index is 9.37. The van der Waals surface area contributed by atoms with Crippen LogP contribution in [-0.2, 0) is 0 Å². The highest BCUT2D eigenvalue weighted by Gasteiger charge is 2.35. The van der Waals surface area contributed by atoms with E-state index in [9.17, 15) is 5.11 Å². The molecule has 2 rings (SSSR count). The summed E-state index contributed by atoms with van der Waals surface area (Å²) in [6, 6.07) is 0. The Hall–Kier alpha value is -0.300. The van der Waals surface area contributed by atoms with E-state index in [1.165, 1.54) is 0 Å². The lowest BCUT2D eigenvalue weighted by Crippen LogP contribution is -2.27.